The first-order chi connectivity index (χ1) is 9.38. The maximum Gasteiger partial charge on any atom is 0.100 e. The molecule has 0 radical (unpaired) electrons. The number of hydrogen-bond donors (Lipinski definition) is 0. The van der Waals surface area contributed by atoms with E-state index in [2.05, 4.69) is 36.7 Å². The van der Waals surface area contributed by atoms with Gasteiger partial charge >= 0.3 is 0 Å². The highest BCUT2D eigenvalue weighted by molar-refractivity contribution is 5.48. The summed E-state index contributed by atoms with van der Waals surface area (Å²) in [7, 11) is 0. The highest BCUT2D eigenvalue weighted by Crippen LogP contribution is 2.04. The summed E-state index contributed by atoms with van der Waals surface area (Å²) in [5.74, 6) is 11.9. The SMILES string of the molecule is CCCCCC#C/C=C/C#Cc1ccccc1C#N. The number of nitriles is 1. The van der Waals surface area contributed by atoms with Crippen LogP contribution in [-0.2, 0) is 0 Å². The van der Waals surface area contributed by atoms with E-state index in [9.17, 15) is 0 Å². The molecule has 1 nitrogen and oxygen atoms in total. The molecule has 0 fully saturated rings. The van der Waals surface area contributed by atoms with Crippen molar-refractivity contribution >= 4 is 0 Å². The number of allylic oxidation sites excluding steroid dienone is 2. The second-order valence-corrected chi connectivity index (χ2v) is 4.04. The van der Waals surface area contributed by atoms with Crippen LogP contribution in [0.3, 0.4) is 0 Å². The Morgan fingerprint density at radius 1 is 1.05 bits per heavy atom. The molecule has 1 aromatic rings. The van der Waals surface area contributed by atoms with Gasteiger partial charge in [0.2, 0.25) is 0 Å². The maximum atomic E-state index is 8.90. The van der Waals surface area contributed by atoms with Crippen LogP contribution in [0.5, 0.6) is 0 Å². The van der Waals surface area contributed by atoms with Gasteiger partial charge in [-0.15, -0.1) is 0 Å². The molecule has 0 aliphatic rings. The summed E-state index contributed by atoms with van der Waals surface area (Å²) >= 11 is 0. The van der Waals surface area contributed by atoms with Crippen molar-refractivity contribution in [1.82, 2.24) is 0 Å². The Labute approximate surface area is 116 Å². The van der Waals surface area contributed by atoms with Crippen LogP contribution in [-0.4, -0.2) is 0 Å². The van der Waals surface area contributed by atoms with E-state index in [-0.39, 0.29) is 0 Å². The molecule has 1 aromatic carbocycles. The highest BCUT2D eigenvalue weighted by atomic mass is 14.2. The summed E-state index contributed by atoms with van der Waals surface area (Å²) in [5, 5.41) is 8.90. The molecule has 94 valence electrons. The zero-order valence-corrected chi connectivity index (χ0v) is 11.2. The van der Waals surface area contributed by atoms with Crippen LogP contribution in [0.4, 0.5) is 0 Å². The smallest absolute Gasteiger partial charge is 0.100 e. The zero-order chi connectivity index (χ0) is 13.8. The number of rotatable bonds is 3. The lowest BCUT2D eigenvalue weighted by Gasteiger charge is -1.91. The van der Waals surface area contributed by atoms with E-state index in [1.54, 1.807) is 18.2 Å². The minimum atomic E-state index is 0.606. The van der Waals surface area contributed by atoms with E-state index in [0.29, 0.717) is 5.56 Å². The molecule has 0 N–H and O–H groups in total. The second kappa shape index (κ2) is 9.58. The predicted octanol–water partition coefficient (Wildman–Crippen LogP) is 4.05. The lowest BCUT2D eigenvalue weighted by molar-refractivity contribution is 0.737. The maximum absolute atomic E-state index is 8.90. The van der Waals surface area contributed by atoms with Gasteiger partial charge in [-0.25, -0.2) is 0 Å². The van der Waals surface area contributed by atoms with Crippen LogP contribution < -0.4 is 0 Å². The standard InChI is InChI=1S/C18H17N/c1-2-3-4-5-6-7-8-9-10-13-17-14-11-12-15-18(17)16-19/h8-9,11-12,14-15H,2-5H2,1H3/b9-8+. The van der Waals surface area contributed by atoms with Crippen LogP contribution in [0.2, 0.25) is 0 Å². The van der Waals surface area contributed by atoms with Crippen molar-refractivity contribution in [2.45, 2.75) is 32.6 Å². The molecular formula is C18H17N. The van der Waals surface area contributed by atoms with Crippen molar-refractivity contribution in [3.8, 4) is 29.8 Å². The van der Waals surface area contributed by atoms with Gasteiger partial charge < -0.3 is 0 Å². The molecule has 0 saturated carbocycles. The average molecular weight is 247 g/mol. The Hall–Kier alpha value is -2.43. The second-order valence-electron chi connectivity index (χ2n) is 4.04. The molecule has 0 atom stereocenters. The highest BCUT2D eigenvalue weighted by Gasteiger charge is 1.94. The summed E-state index contributed by atoms with van der Waals surface area (Å²) in [6, 6.07) is 9.44. The number of hydrogen-bond acceptors (Lipinski definition) is 1. The summed E-state index contributed by atoms with van der Waals surface area (Å²) in [6.07, 6.45) is 8.06. The van der Waals surface area contributed by atoms with E-state index in [4.69, 9.17) is 5.26 Å². The molecule has 0 saturated heterocycles. The summed E-state index contributed by atoms with van der Waals surface area (Å²) in [5.41, 5.74) is 1.36. The summed E-state index contributed by atoms with van der Waals surface area (Å²) in [6.45, 7) is 2.18. The van der Waals surface area contributed by atoms with E-state index in [1.165, 1.54) is 19.3 Å². The van der Waals surface area contributed by atoms with Gasteiger partial charge in [-0.2, -0.15) is 5.26 Å². The first-order valence-corrected chi connectivity index (χ1v) is 6.52. The van der Waals surface area contributed by atoms with Crippen LogP contribution in [0, 0.1) is 35.0 Å². The van der Waals surface area contributed by atoms with Crippen molar-refractivity contribution in [2.24, 2.45) is 0 Å². The van der Waals surface area contributed by atoms with Crippen molar-refractivity contribution in [1.29, 1.82) is 5.26 Å². The third kappa shape index (κ3) is 6.16. The van der Waals surface area contributed by atoms with Crippen molar-refractivity contribution < 1.29 is 0 Å². The quantitative estimate of drug-likeness (QED) is 0.584. The number of benzene rings is 1. The molecule has 1 rings (SSSR count). The molecule has 0 aromatic heterocycles. The van der Waals surface area contributed by atoms with Crippen LogP contribution in [0.25, 0.3) is 0 Å². The first-order valence-electron chi connectivity index (χ1n) is 6.52. The van der Waals surface area contributed by atoms with E-state index in [1.807, 2.05) is 18.2 Å². The van der Waals surface area contributed by atoms with Gasteiger partial charge in [-0.05, 0) is 30.7 Å². The predicted molar refractivity (Wildman–Crippen MR) is 79.1 cm³/mol. The molecule has 0 amide bonds. The van der Waals surface area contributed by atoms with Crippen LogP contribution in [0.1, 0.15) is 43.7 Å². The minimum absolute atomic E-state index is 0.606. The zero-order valence-electron chi connectivity index (χ0n) is 11.2. The molecule has 0 spiro atoms. The average Bonchev–Trinajstić information content (AvgIpc) is 2.46. The Kier molecular flexibility index (Phi) is 7.38. The molecule has 0 bridgehead atoms. The van der Waals surface area contributed by atoms with Gasteiger partial charge in [0, 0.05) is 12.0 Å². The normalized spacial score (nSPS) is 9.05. The lowest BCUT2D eigenvalue weighted by atomic mass is 10.1. The van der Waals surface area contributed by atoms with Crippen molar-refractivity contribution in [2.75, 3.05) is 0 Å². The van der Waals surface area contributed by atoms with E-state index >= 15 is 0 Å². The Bertz CT molecular complexity index is 580. The Balaban J connectivity index is 2.49. The Morgan fingerprint density at radius 2 is 1.79 bits per heavy atom. The van der Waals surface area contributed by atoms with Crippen LogP contribution in [0.15, 0.2) is 36.4 Å². The fraction of sp³-hybridized carbons (Fsp3) is 0.278. The first kappa shape index (κ1) is 14.6. The molecule has 0 aliphatic carbocycles. The molecule has 0 unspecified atom stereocenters. The van der Waals surface area contributed by atoms with Crippen molar-refractivity contribution in [3.05, 3.63) is 47.5 Å². The third-order valence-electron chi connectivity index (χ3n) is 2.51. The molecule has 0 heterocycles. The summed E-state index contributed by atoms with van der Waals surface area (Å²) < 4.78 is 0. The molecular weight excluding hydrogens is 230 g/mol. The van der Waals surface area contributed by atoms with Gasteiger partial charge in [0.1, 0.15) is 6.07 Å². The van der Waals surface area contributed by atoms with Crippen molar-refractivity contribution in [3.63, 3.8) is 0 Å². The van der Waals surface area contributed by atoms with Gasteiger partial charge in [-0.1, -0.05) is 55.6 Å². The fourth-order valence-electron chi connectivity index (χ4n) is 1.49. The van der Waals surface area contributed by atoms with Gasteiger partial charge in [0.15, 0.2) is 0 Å². The number of nitrogens with zero attached hydrogens (tertiary/aromatic N) is 1. The van der Waals surface area contributed by atoms with Crippen LogP contribution >= 0.6 is 0 Å². The van der Waals surface area contributed by atoms with Gasteiger partial charge in [0.05, 0.1) is 5.56 Å². The van der Waals surface area contributed by atoms with E-state index in [0.717, 1.165) is 12.0 Å². The molecule has 1 heteroatoms. The third-order valence-corrected chi connectivity index (χ3v) is 2.51. The molecule has 19 heavy (non-hydrogen) atoms. The lowest BCUT2D eigenvalue weighted by Crippen LogP contribution is -1.80. The number of unbranched alkanes of at least 4 members (excludes halogenated alkanes) is 3. The Morgan fingerprint density at radius 3 is 2.53 bits per heavy atom. The molecule has 0 aliphatic heterocycles. The summed E-state index contributed by atoms with van der Waals surface area (Å²) in [4.78, 5) is 0. The topological polar surface area (TPSA) is 23.8 Å². The van der Waals surface area contributed by atoms with Gasteiger partial charge in [-0.3, -0.25) is 0 Å². The largest absolute Gasteiger partial charge is 0.192 e. The van der Waals surface area contributed by atoms with Gasteiger partial charge in [0.25, 0.3) is 0 Å². The van der Waals surface area contributed by atoms with E-state index < -0.39 is 0 Å². The monoisotopic (exact) mass is 247 g/mol. The minimum Gasteiger partial charge on any atom is -0.192 e. The fourth-order valence-corrected chi connectivity index (χ4v) is 1.49.